The van der Waals surface area contributed by atoms with Crippen LogP contribution in [-0.2, 0) is 20.7 Å². The molecule has 0 bridgehead atoms. The van der Waals surface area contributed by atoms with E-state index < -0.39 is 12.1 Å². The number of esters is 1. The number of nitrogens with one attached hydrogen (secondary N) is 1. The molecule has 0 saturated carbocycles. The Kier molecular flexibility index (Phi) is 5.76. The molecule has 1 unspecified atom stereocenters. The minimum Gasteiger partial charge on any atom is -0.453 e. The number of rotatable bonds is 6. The summed E-state index contributed by atoms with van der Waals surface area (Å²) >= 11 is 0. The summed E-state index contributed by atoms with van der Waals surface area (Å²) in [7, 11) is 0. The van der Waals surface area contributed by atoms with Gasteiger partial charge in [-0.2, -0.15) is 9.50 Å². The fourth-order valence-corrected chi connectivity index (χ4v) is 3.09. The Morgan fingerprint density at radius 3 is 2.72 bits per heavy atom. The zero-order valence-electron chi connectivity index (χ0n) is 16.9. The third kappa shape index (κ3) is 4.68. The first-order valence-electron chi connectivity index (χ1n) is 9.30. The summed E-state index contributed by atoms with van der Waals surface area (Å²) in [6.45, 7) is 7.19. The standard InChI is InChI=1S/C20H24N6O3/c1-11-6-5-7-15(10-11)23-18(28)14(4)29-17(27)9-8-16-12(2)22-20-24-19(21)25-26(20)13(16)3/h5-7,10,14H,8-9H2,1-4H3,(H2,21,25)(H,23,28). The molecular formula is C20H24N6O3. The van der Waals surface area contributed by atoms with Gasteiger partial charge in [0.2, 0.25) is 5.95 Å². The lowest BCUT2D eigenvalue weighted by Gasteiger charge is -2.14. The number of anilines is 2. The molecule has 0 fully saturated rings. The lowest BCUT2D eigenvalue weighted by atomic mass is 10.1. The van der Waals surface area contributed by atoms with Gasteiger partial charge in [0.05, 0.1) is 0 Å². The van der Waals surface area contributed by atoms with Gasteiger partial charge in [0.15, 0.2) is 6.10 Å². The van der Waals surface area contributed by atoms with E-state index in [4.69, 9.17) is 10.5 Å². The minimum absolute atomic E-state index is 0.112. The van der Waals surface area contributed by atoms with Crippen LogP contribution < -0.4 is 11.1 Å². The Bertz CT molecular complexity index is 1080. The molecule has 2 heterocycles. The maximum atomic E-state index is 12.3. The summed E-state index contributed by atoms with van der Waals surface area (Å²) in [4.78, 5) is 32.9. The molecule has 9 nitrogen and oxygen atoms in total. The van der Waals surface area contributed by atoms with Crippen LogP contribution in [0.5, 0.6) is 0 Å². The van der Waals surface area contributed by atoms with Crippen LogP contribution in [0.15, 0.2) is 24.3 Å². The molecule has 3 N–H and O–H groups in total. The van der Waals surface area contributed by atoms with Crippen LogP contribution in [0.4, 0.5) is 11.6 Å². The second-order valence-corrected chi connectivity index (χ2v) is 6.93. The van der Waals surface area contributed by atoms with Gasteiger partial charge in [-0.3, -0.25) is 9.59 Å². The van der Waals surface area contributed by atoms with Gasteiger partial charge in [-0.15, -0.1) is 5.10 Å². The van der Waals surface area contributed by atoms with Gasteiger partial charge in [0.25, 0.3) is 11.7 Å². The molecule has 0 spiro atoms. The number of benzene rings is 1. The summed E-state index contributed by atoms with van der Waals surface area (Å²) in [5.74, 6) is -0.276. The largest absolute Gasteiger partial charge is 0.453 e. The van der Waals surface area contributed by atoms with Crippen molar-refractivity contribution in [1.29, 1.82) is 0 Å². The predicted octanol–water partition coefficient (Wildman–Crippen LogP) is 2.13. The maximum Gasteiger partial charge on any atom is 0.306 e. The van der Waals surface area contributed by atoms with Crippen molar-refractivity contribution in [2.45, 2.75) is 46.6 Å². The van der Waals surface area contributed by atoms with Crippen LogP contribution in [0, 0.1) is 20.8 Å². The van der Waals surface area contributed by atoms with Crippen molar-refractivity contribution in [3.63, 3.8) is 0 Å². The first-order valence-corrected chi connectivity index (χ1v) is 9.30. The van der Waals surface area contributed by atoms with Gasteiger partial charge in [-0.05, 0) is 57.4 Å². The Balaban J connectivity index is 1.59. The summed E-state index contributed by atoms with van der Waals surface area (Å²) in [6, 6.07) is 7.41. The third-order valence-corrected chi connectivity index (χ3v) is 4.61. The molecule has 3 rings (SSSR count). The molecule has 29 heavy (non-hydrogen) atoms. The van der Waals surface area contributed by atoms with Crippen LogP contribution >= 0.6 is 0 Å². The lowest BCUT2D eigenvalue weighted by molar-refractivity contribution is -0.153. The van der Waals surface area contributed by atoms with Gasteiger partial charge < -0.3 is 15.8 Å². The van der Waals surface area contributed by atoms with Gasteiger partial charge in [-0.1, -0.05) is 12.1 Å². The van der Waals surface area contributed by atoms with Gasteiger partial charge in [0, 0.05) is 23.5 Å². The molecule has 1 atom stereocenters. The average Bonchev–Trinajstić information content (AvgIpc) is 3.01. The Morgan fingerprint density at radius 1 is 1.24 bits per heavy atom. The normalized spacial score (nSPS) is 12.0. The predicted molar refractivity (Wildman–Crippen MR) is 108 cm³/mol. The van der Waals surface area contributed by atoms with Crippen molar-refractivity contribution in [1.82, 2.24) is 19.6 Å². The molecule has 0 radical (unpaired) electrons. The van der Waals surface area contributed by atoms with Crippen LogP contribution in [0.2, 0.25) is 0 Å². The number of aryl methyl sites for hydroxylation is 3. The second-order valence-electron chi connectivity index (χ2n) is 6.93. The molecule has 2 aromatic heterocycles. The summed E-state index contributed by atoms with van der Waals surface area (Å²) in [5, 5.41) is 6.86. The molecule has 9 heteroatoms. The van der Waals surface area contributed by atoms with Crippen molar-refractivity contribution in [2.75, 3.05) is 11.1 Å². The van der Waals surface area contributed by atoms with E-state index in [1.165, 1.54) is 0 Å². The highest BCUT2D eigenvalue weighted by Crippen LogP contribution is 2.17. The second kappa shape index (κ2) is 8.26. The Morgan fingerprint density at radius 2 is 2.00 bits per heavy atom. The molecule has 3 aromatic rings. The number of nitrogens with zero attached hydrogens (tertiary/aromatic N) is 4. The van der Waals surface area contributed by atoms with Crippen LogP contribution in [0.3, 0.4) is 0 Å². The number of aromatic nitrogens is 4. The number of hydrogen-bond acceptors (Lipinski definition) is 7. The van der Waals surface area contributed by atoms with Crippen LogP contribution in [0.1, 0.15) is 35.9 Å². The zero-order chi connectivity index (χ0) is 21.1. The monoisotopic (exact) mass is 396 g/mol. The third-order valence-electron chi connectivity index (χ3n) is 4.61. The fraction of sp³-hybridized carbons (Fsp3) is 0.350. The average molecular weight is 396 g/mol. The van der Waals surface area contributed by atoms with E-state index in [2.05, 4.69) is 20.4 Å². The number of fused-ring (bicyclic) bond motifs is 1. The minimum atomic E-state index is -0.902. The number of amides is 1. The number of ether oxygens (including phenoxy) is 1. The number of hydrogen-bond donors (Lipinski definition) is 2. The Labute approximate surface area is 168 Å². The number of carbonyl (C=O) groups excluding carboxylic acids is 2. The lowest BCUT2D eigenvalue weighted by Crippen LogP contribution is -2.30. The van der Waals surface area contributed by atoms with Gasteiger partial charge >= 0.3 is 5.97 Å². The number of nitrogens with two attached hydrogens (primary N) is 1. The van der Waals surface area contributed by atoms with E-state index in [9.17, 15) is 9.59 Å². The first kappa shape index (κ1) is 20.2. The molecule has 0 saturated heterocycles. The van der Waals surface area contributed by atoms with E-state index in [0.717, 1.165) is 22.5 Å². The smallest absolute Gasteiger partial charge is 0.306 e. The van der Waals surface area contributed by atoms with E-state index >= 15 is 0 Å². The number of carbonyl (C=O) groups is 2. The van der Waals surface area contributed by atoms with Gasteiger partial charge in [-0.25, -0.2) is 4.98 Å². The Hall–Kier alpha value is -3.49. The summed E-state index contributed by atoms with van der Waals surface area (Å²) in [6.07, 6.45) is -0.382. The van der Waals surface area contributed by atoms with E-state index in [1.54, 1.807) is 17.5 Å². The highest BCUT2D eigenvalue weighted by molar-refractivity contribution is 5.95. The SMILES string of the molecule is Cc1cccc(NC(=O)C(C)OC(=O)CCc2c(C)nc3nc(N)nn3c2C)c1. The van der Waals surface area contributed by atoms with E-state index in [0.29, 0.717) is 17.9 Å². The molecule has 0 aliphatic carbocycles. The van der Waals surface area contributed by atoms with E-state index in [-0.39, 0.29) is 18.3 Å². The molecule has 152 valence electrons. The quantitative estimate of drug-likeness (QED) is 0.612. The highest BCUT2D eigenvalue weighted by Gasteiger charge is 2.19. The highest BCUT2D eigenvalue weighted by atomic mass is 16.5. The van der Waals surface area contributed by atoms with Crippen LogP contribution in [-0.4, -0.2) is 37.6 Å². The zero-order valence-corrected chi connectivity index (χ0v) is 16.9. The van der Waals surface area contributed by atoms with Crippen molar-refractivity contribution >= 4 is 29.3 Å². The molecule has 0 aliphatic rings. The first-order chi connectivity index (χ1) is 13.7. The molecule has 1 amide bonds. The maximum absolute atomic E-state index is 12.3. The van der Waals surface area contributed by atoms with Crippen molar-refractivity contribution in [3.05, 3.63) is 46.8 Å². The molecule has 1 aromatic carbocycles. The van der Waals surface area contributed by atoms with Crippen molar-refractivity contribution in [2.24, 2.45) is 0 Å². The topological polar surface area (TPSA) is 124 Å². The van der Waals surface area contributed by atoms with Crippen LogP contribution in [0.25, 0.3) is 5.78 Å². The fourth-order valence-electron chi connectivity index (χ4n) is 3.09. The summed E-state index contributed by atoms with van der Waals surface area (Å²) < 4.78 is 6.84. The van der Waals surface area contributed by atoms with Crippen molar-refractivity contribution in [3.8, 4) is 0 Å². The molecular weight excluding hydrogens is 372 g/mol. The number of nitrogen functional groups attached to an aromatic ring is 1. The van der Waals surface area contributed by atoms with Gasteiger partial charge in [0.1, 0.15) is 0 Å². The summed E-state index contributed by atoms with van der Waals surface area (Å²) in [5.41, 5.74) is 9.76. The van der Waals surface area contributed by atoms with Crippen molar-refractivity contribution < 1.29 is 14.3 Å². The molecule has 0 aliphatic heterocycles. The van der Waals surface area contributed by atoms with E-state index in [1.807, 2.05) is 39.0 Å².